The maximum absolute atomic E-state index is 11.0. The summed E-state index contributed by atoms with van der Waals surface area (Å²) in [4.78, 5) is 12.9. The second-order valence-corrected chi connectivity index (χ2v) is 5.00. The van der Waals surface area contributed by atoms with Gasteiger partial charge in [-0.1, -0.05) is 6.07 Å². The number of nitrogens with one attached hydrogen (secondary N) is 1. The summed E-state index contributed by atoms with van der Waals surface area (Å²) in [5.74, 6) is 0. The first kappa shape index (κ1) is 12.8. The molecule has 0 atom stereocenters. The first-order valence-corrected chi connectivity index (χ1v) is 6.26. The molecule has 1 heterocycles. The number of hydrogen-bond donors (Lipinski definition) is 1. The molecular weight excluding hydrogens is 230 g/mol. The molecule has 0 bridgehead atoms. The van der Waals surface area contributed by atoms with Crippen LogP contribution in [0.25, 0.3) is 0 Å². The SMILES string of the molecule is Cc1ccc([N+](=O)[O-])c(NC2CCN(C)CC2)c1. The van der Waals surface area contributed by atoms with E-state index in [-0.39, 0.29) is 10.6 Å². The Morgan fingerprint density at radius 2 is 2.06 bits per heavy atom. The number of nitro groups is 1. The first-order valence-electron chi connectivity index (χ1n) is 6.26. The number of rotatable bonds is 3. The quantitative estimate of drug-likeness (QED) is 0.660. The highest BCUT2D eigenvalue weighted by atomic mass is 16.6. The van der Waals surface area contributed by atoms with Gasteiger partial charge in [-0.25, -0.2) is 0 Å². The molecule has 2 rings (SSSR count). The Labute approximate surface area is 107 Å². The average Bonchev–Trinajstić information content (AvgIpc) is 2.32. The van der Waals surface area contributed by atoms with Crippen LogP contribution in [0.15, 0.2) is 18.2 Å². The van der Waals surface area contributed by atoms with Crippen LogP contribution in [0, 0.1) is 17.0 Å². The maximum Gasteiger partial charge on any atom is 0.292 e. The largest absolute Gasteiger partial charge is 0.377 e. The third kappa shape index (κ3) is 2.98. The lowest BCUT2D eigenvalue weighted by atomic mass is 10.0. The Hall–Kier alpha value is -1.62. The zero-order valence-corrected chi connectivity index (χ0v) is 10.8. The summed E-state index contributed by atoms with van der Waals surface area (Å²) in [5.41, 5.74) is 1.85. The number of anilines is 1. The Bertz CT molecular complexity index is 440. The van der Waals surface area contributed by atoms with Crippen LogP contribution in [0.5, 0.6) is 0 Å². The lowest BCUT2D eigenvalue weighted by Gasteiger charge is -2.30. The average molecular weight is 249 g/mol. The van der Waals surface area contributed by atoms with Gasteiger partial charge < -0.3 is 10.2 Å². The van der Waals surface area contributed by atoms with Gasteiger partial charge in [-0.15, -0.1) is 0 Å². The van der Waals surface area contributed by atoms with Gasteiger partial charge in [-0.2, -0.15) is 0 Å². The van der Waals surface area contributed by atoms with Gasteiger partial charge in [0.25, 0.3) is 5.69 Å². The van der Waals surface area contributed by atoms with Gasteiger partial charge in [0.1, 0.15) is 5.69 Å². The summed E-state index contributed by atoms with van der Waals surface area (Å²) in [6.45, 7) is 4.03. The van der Waals surface area contributed by atoms with E-state index >= 15 is 0 Å². The highest BCUT2D eigenvalue weighted by Crippen LogP contribution is 2.27. The topological polar surface area (TPSA) is 58.4 Å². The van der Waals surface area contributed by atoms with Crippen molar-refractivity contribution in [3.8, 4) is 0 Å². The number of benzene rings is 1. The number of piperidine rings is 1. The summed E-state index contributed by atoms with van der Waals surface area (Å²) in [6, 6.07) is 5.54. The number of likely N-dealkylation sites (tertiary alicyclic amines) is 1. The van der Waals surface area contributed by atoms with E-state index in [0.717, 1.165) is 31.5 Å². The lowest BCUT2D eigenvalue weighted by Crippen LogP contribution is -2.36. The molecule has 0 unspecified atom stereocenters. The van der Waals surface area contributed by atoms with Crippen molar-refractivity contribution in [3.05, 3.63) is 33.9 Å². The van der Waals surface area contributed by atoms with Crippen LogP contribution < -0.4 is 5.32 Å². The summed E-state index contributed by atoms with van der Waals surface area (Å²) < 4.78 is 0. The van der Waals surface area contributed by atoms with Gasteiger partial charge in [-0.3, -0.25) is 10.1 Å². The second kappa shape index (κ2) is 5.35. The molecule has 1 aromatic carbocycles. The van der Waals surface area contributed by atoms with Gasteiger partial charge in [0.15, 0.2) is 0 Å². The van der Waals surface area contributed by atoms with Crippen LogP contribution in [-0.2, 0) is 0 Å². The molecule has 0 amide bonds. The van der Waals surface area contributed by atoms with Crippen molar-refractivity contribution in [2.75, 3.05) is 25.5 Å². The van der Waals surface area contributed by atoms with Crippen molar-refractivity contribution in [1.29, 1.82) is 0 Å². The van der Waals surface area contributed by atoms with Crippen molar-refractivity contribution < 1.29 is 4.92 Å². The molecule has 1 aliphatic rings. The van der Waals surface area contributed by atoms with Gasteiger partial charge >= 0.3 is 0 Å². The van der Waals surface area contributed by atoms with Crippen molar-refractivity contribution in [3.63, 3.8) is 0 Å². The third-order valence-corrected chi connectivity index (χ3v) is 3.43. The van der Waals surface area contributed by atoms with Crippen LogP contribution in [-0.4, -0.2) is 36.0 Å². The molecule has 18 heavy (non-hydrogen) atoms. The summed E-state index contributed by atoms with van der Waals surface area (Å²) >= 11 is 0. The zero-order valence-electron chi connectivity index (χ0n) is 10.8. The van der Waals surface area contributed by atoms with Gasteiger partial charge in [0.05, 0.1) is 4.92 Å². The molecule has 1 aromatic rings. The van der Waals surface area contributed by atoms with Gasteiger partial charge in [0, 0.05) is 12.1 Å². The minimum absolute atomic E-state index is 0.166. The Balaban J connectivity index is 2.12. The van der Waals surface area contributed by atoms with Crippen molar-refractivity contribution in [2.45, 2.75) is 25.8 Å². The third-order valence-electron chi connectivity index (χ3n) is 3.43. The molecule has 0 spiro atoms. The van der Waals surface area contributed by atoms with Crippen LogP contribution in [0.4, 0.5) is 11.4 Å². The predicted octanol–water partition coefficient (Wildman–Crippen LogP) is 2.41. The van der Waals surface area contributed by atoms with E-state index in [1.807, 2.05) is 13.0 Å². The molecule has 0 saturated carbocycles. The minimum atomic E-state index is -0.323. The highest BCUT2D eigenvalue weighted by Gasteiger charge is 2.20. The Morgan fingerprint density at radius 3 is 2.67 bits per heavy atom. The van der Waals surface area contributed by atoms with Gasteiger partial charge in [0.2, 0.25) is 0 Å². The molecule has 98 valence electrons. The lowest BCUT2D eigenvalue weighted by molar-refractivity contribution is -0.384. The molecule has 1 saturated heterocycles. The predicted molar refractivity (Wildman–Crippen MR) is 72.0 cm³/mol. The molecular formula is C13H19N3O2. The fourth-order valence-corrected chi connectivity index (χ4v) is 2.30. The normalized spacial score (nSPS) is 17.7. The second-order valence-electron chi connectivity index (χ2n) is 5.00. The molecule has 5 nitrogen and oxygen atoms in total. The molecule has 1 aliphatic heterocycles. The van der Waals surface area contributed by atoms with Crippen molar-refractivity contribution in [1.82, 2.24) is 4.90 Å². The Morgan fingerprint density at radius 1 is 1.39 bits per heavy atom. The molecule has 5 heteroatoms. The van der Waals surface area contributed by atoms with E-state index in [2.05, 4.69) is 17.3 Å². The van der Waals surface area contributed by atoms with Gasteiger partial charge in [-0.05, 0) is 51.5 Å². The van der Waals surface area contributed by atoms with Crippen molar-refractivity contribution in [2.24, 2.45) is 0 Å². The van der Waals surface area contributed by atoms with E-state index in [4.69, 9.17) is 0 Å². The van der Waals surface area contributed by atoms with E-state index in [0.29, 0.717) is 11.7 Å². The molecule has 1 N–H and O–H groups in total. The fraction of sp³-hybridized carbons (Fsp3) is 0.538. The van der Waals surface area contributed by atoms with Crippen LogP contribution in [0.1, 0.15) is 18.4 Å². The molecule has 0 aliphatic carbocycles. The Kier molecular flexibility index (Phi) is 3.81. The summed E-state index contributed by atoms with van der Waals surface area (Å²) in [5, 5.41) is 14.3. The first-order chi connectivity index (χ1) is 8.56. The fourth-order valence-electron chi connectivity index (χ4n) is 2.30. The van der Waals surface area contributed by atoms with Crippen molar-refractivity contribution >= 4 is 11.4 Å². The number of aryl methyl sites for hydroxylation is 1. The van der Waals surface area contributed by atoms with E-state index in [1.54, 1.807) is 12.1 Å². The van der Waals surface area contributed by atoms with Crippen LogP contribution >= 0.6 is 0 Å². The van der Waals surface area contributed by atoms with E-state index in [1.165, 1.54) is 0 Å². The maximum atomic E-state index is 11.0. The smallest absolute Gasteiger partial charge is 0.292 e. The standard InChI is InChI=1S/C13H19N3O2/c1-10-3-4-13(16(17)18)12(9-10)14-11-5-7-15(2)8-6-11/h3-4,9,11,14H,5-8H2,1-2H3. The summed E-state index contributed by atoms with van der Waals surface area (Å²) in [6.07, 6.45) is 2.06. The van der Waals surface area contributed by atoms with Crippen LogP contribution in [0.2, 0.25) is 0 Å². The van der Waals surface area contributed by atoms with Crippen LogP contribution in [0.3, 0.4) is 0 Å². The number of nitro benzene ring substituents is 1. The summed E-state index contributed by atoms with van der Waals surface area (Å²) in [7, 11) is 2.10. The minimum Gasteiger partial charge on any atom is -0.377 e. The number of nitrogens with zero attached hydrogens (tertiary/aromatic N) is 2. The molecule has 0 radical (unpaired) electrons. The highest BCUT2D eigenvalue weighted by molar-refractivity contribution is 5.63. The van der Waals surface area contributed by atoms with E-state index in [9.17, 15) is 10.1 Å². The zero-order chi connectivity index (χ0) is 13.1. The monoisotopic (exact) mass is 249 g/mol. The molecule has 0 aromatic heterocycles. The molecule has 1 fully saturated rings. The van der Waals surface area contributed by atoms with E-state index < -0.39 is 0 Å². The number of hydrogen-bond acceptors (Lipinski definition) is 4.